The number of carboxylic acids is 1. The van der Waals surface area contributed by atoms with E-state index in [4.69, 9.17) is 5.11 Å². The van der Waals surface area contributed by atoms with Gasteiger partial charge in [0.25, 0.3) is 5.91 Å². The van der Waals surface area contributed by atoms with Gasteiger partial charge in [0.1, 0.15) is 0 Å². The molecule has 1 aliphatic heterocycles. The molecule has 1 aromatic carbocycles. The van der Waals surface area contributed by atoms with E-state index in [2.05, 4.69) is 0 Å². The van der Waals surface area contributed by atoms with Gasteiger partial charge in [-0.3, -0.25) is 9.59 Å². The van der Waals surface area contributed by atoms with Crippen LogP contribution in [0.5, 0.6) is 0 Å². The van der Waals surface area contributed by atoms with Crippen molar-refractivity contribution in [3.8, 4) is 0 Å². The minimum atomic E-state index is -3.52. The van der Waals surface area contributed by atoms with Gasteiger partial charge < -0.3 is 10.0 Å². The van der Waals surface area contributed by atoms with E-state index in [1.807, 2.05) is 0 Å². The van der Waals surface area contributed by atoms with Gasteiger partial charge in [0.15, 0.2) is 0 Å². The molecule has 0 aliphatic carbocycles. The predicted octanol–water partition coefficient (Wildman–Crippen LogP) is 1.65. The lowest BCUT2D eigenvalue weighted by molar-refractivity contribution is -0.137. The number of benzene rings is 1. The maximum absolute atomic E-state index is 12.6. The van der Waals surface area contributed by atoms with Gasteiger partial charge in [0.05, 0.1) is 4.90 Å². The number of carbonyl (C=O) groups is 2. The normalized spacial score (nSPS) is 18.4. The molecule has 1 fully saturated rings. The smallest absolute Gasteiger partial charge is 0.303 e. The number of hydrogen-bond acceptors (Lipinski definition) is 4. The molecule has 1 heterocycles. The third kappa shape index (κ3) is 4.79. The second-order valence-electron chi connectivity index (χ2n) is 6.50. The average Bonchev–Trinajstić information content (AvgIpc) is 2.59. The predicted molar refractivity (Wildman–Crippen MR) is 92.8 cm³/mol. The molecule has 25 heavy (non-hydrogen) atoms. The lowest BCUT2D eigenvalue weighted by Gasteiger charge is -2.32. The van der Waals surface area contributed by atoms with Crippen LogP contribution < -0.4 is 0 Å². The first-order valence-corrected chi connectivity index (χ1v) is 9.69. The van der Waals surface area contributed by atoms with Crippen LogP contribution in [-0.4, -0.2) is 61.8 Å². The third-order valence-electron chi connectivity index (χ3n) is 4.45. The zero-order valence-corrected chi connectivity index (χ0v) is 15.3. The quantitative estimate of drug-likeness (QED) is 0.824. The highest BCUT2D eigenvalue weighted by Gasteiger charge is 2.25. The number of sulfonamides is 1. The van der Waals surface area contributed by atoms with Gasteiger partial charge in [-0.1, -0.05) is 0 Å². The minimum Gasteiger partial charge on any atom is -0.481 e. The molecule has 138 valence electrons. The van der Waals surface area contributed by atoms with Crippen LogP contribution in [0.25, 0.3) is 0 Å². The summed E-state index contributed by atoms with van der Waals surface area (Å²) in [7, 11) is -0.600. The van der Waals surface area contributed by atoms with E-state index in [9.17, 15) is 18.0 Å². The van der Waals surface area contributed by atoms with Crippen molar-refractivity contribution >= 4 is 21.9 Å². The highest BCUT2D eigenvalue weighted by atomic mass is 32.2. The number of rotatable bonds is 6. The summed E-state index contributed by atoms with van der Waals surface area (Å²) < 4.78 is 25.3. The molecule has 1 aromatic rings. The second kappa shape index (κ2) is 7.97. The van der Waals surface area contributed by atoms with Crippen molar-refractivity contribution in [2.45, 2.75) is 30.6 Å². The summed E-state index contributed by atoms with van der Waals surface area (Å²) in [5.74, 6) is -0.767. The van der Waals surface area contributed by atoms with Crippen molar-refractivity contribution in [3.63, 3.8) is 0 Å². The number of piperidine rings is 1. The van der Waals surface area contributed by atoms with Crippen molar-refractivity contribution in [2.75, 3.05) is 27.2 Å². The molecular weight excluding hydrogens is 344 g/mol. The van der Waals surface area contributed by atoms with Crippen LogP contribution in [0.3, 0.4) is 0 Å². The van der Waals surface area contributed by atoms with Crippen LogP contribution in [0.2, 0.25) is 0 Å². The molecule has 1 unspecified atom stereocenters. The summed E-state index contributed by atoms with van der Waals surface area (Å²) in [5, 5.41) is 8.79. The molecule has 0 radical (unpaired) electrons. The molecule has 0 bridgehead atoms. The van der Waals surface area contributed by atoms with Crippen LogP contribution in [-0.2, 0) is 14.8 Å². The van der Waals surface area contributed by atoms with Crippen LogP contribution in [0.4, 0.5) is 0 Å². The van der Waals surface area contributed by atoms with E-state index in [0.717, 1.165) is 17.1 Å². The Balaban J connectivity index is 2.06. The standard InChI is InChI=1S/C17H24N2O5S/c1-18(2)25(23,24)15-8-6-14(7-9-15)17(22)19-11-3-4-13(12-19)5-10-16(20)21/h6-9,13H,3-5,10-12H2,1-2H3,(H,20,21). The van der Waals surface area contributed by atoms with E-state index >= 15 is 0 Å². The van der Waals surface area contributed by atoms with Crippen molar-refractivity contribution in [1.82, 2.24) is 9.21 Å². The van der Waals surface area contributed by atoms with Gasteiger partial charge in [-0.15, -0.1) is 0 Å². The molecule has 1 saturated heterocycles. The Kier molecular flexibility index (Phi) is 6.18. The lowest BCUT2D eigenvalue weighted by atomic mass is 9.93. The molecule has 2 rings (SSSR count). The number of amides is 1. The number of aliphatic carboxylic acids is 1. The monoisotopic (exact) mass is 368 g/mol. The maximum Gasteiger partial charge on any atom is 0.303 e. The van der Waals surface area contributed by atoms with E-state index in [-0.39, 0.29) is 23.1 Å². The Labute approximate surface area is 148 Å². The van der Waals surface area contributed by atoms with Crippen molar-refractivity contribution in [3.05, 3.63) is 29.8 Å². The van der Waals surface area contributed by atoms with Gasteiger partial charge >= 0.3 is 5.97 Å². The van der Waals surface area contributed by atoms with Crippen LogP contribution in [0, 0.1) is 5.92 Å². The van der Waals surface area contributed by atoms with Gasteiger partial charge in [0, 0.05) is 39.2 Å². The molecule has 1 aliphatic rings. The molecule has 8 heteroatoms. The second-order valence-corrected chi connectivity index (χ2v) is 8.66. The fourth-order valence-corrected chi connectivity index (χ4v) is 3.88. The molecular formula is C17H24N2O5S. The highest BCUT2D eigenvalue weighted by Crippen LogP contribution is 2.23. The summed E-state index contributed by atoms with van der Waals surface area (Å²) in [6, 6.07) is 5.93. The first kappa shape index (κ1) is 19.4. The van der Waals surface area contributed by atoms with Gasteiger partial charge in [-0.2, -0.15) is 0 Å². The molecule has 0 spiro atoms. The van der Waals surface area contributed by atoms with Gasteiger partial charge in [-0.05, 0) is 49.4 Å². The maximum atomic E-state index is 12.6. The minimum absolute atomic E-state index is 0.115. The number of nitrogens with zero attached hydrogens (tertiary/aromatic N) is 2. The Morgan fingerprint density at radius 1 is 1.24 bits per heavy atom. The van der Waals surface area contributed by atoms with E-state index < -0.39 is 16.0 Å². The van der Waals surface area contributed by atoms with E-state index in [1.54, 1.807) is 4.90 Å². The molecule has 0 aromatic heterocycles. The summed E-state index contributed by atoms with van der Waals surface area (Å²) in [5.41, 5.74) is 0.441. The first-order chi connectivity index (χ1) is 11.7. The van der Waals surface area contributed by atoms with Crippen LogP contribution in [0.15, 0.2) is 29.2 Å². The molecule has 1 N–H and O–H groups in total. The number of carboxylic acid groups (broad SMARTS) is 1. The molecule has 0 saturated carbocycles. The summed E-state index contributed by atoms with van der Waals surface area (Å²) >= 11 is 0. The highest BCUT2D eigenvalue weighted by molar-refractivity contribution is 7.89. The van der Waals surface area contributed by atoms with Crippen molar-refractivity contribution < 1.29 is 23.1 Å². The Morgan fingerprint density at radius 3 is 2.44 bits per heavy atom. The number of carbonyl (C=O) groups excluding carboxylic acids is 1. The Morgan fingerprint density at radius 2 is 1.88 bits per heavy atom. The Hall–Kier alpha value is -1.93. The zero-order chi connectivity index (χ0) is 18.6. The number of hydrogen-bond donors (Lipinski definition) is 1. The first-order valence-electron chi connectivity index (χ1n) is 8.25. The fraction of sp³-hybridized carbons (Fsp3) is 0.529. The van der Waals surface area contributed by atoms with E-state index in [1.165, 1.54) is 38.4 Å². The molecule has 1 atom stereocenters. The Bertz CT molecular complexity index is 728. The number of likely N-dealkylation sites (tertiary alicyclic amines) is 1. The fourth-order valence-electron chi connectivity index (χ4n) is 2.98. The average molecular weight is 368 g/mol. The van der Waals surface area contributed by atoms with Gasteiger partial charge in [0.2, 0.25) is 10.0 Å². The summed E-state index contributed by atoms with van der Waals surface area (Å²) in [6.45, 7) is 1.18. The van der Waals surface area contributed by atoms with Gasteiger partial charge in [-0.25, -0.2) is 12.7 Å². The SMILES string of the molecule is CN(C)S(=O)(=O)c1ccc(C(=O)N2CCCC(CCC(=O)O)C2)cc1. The van der Waals surface area contributed by atoms with E-state index in [0.29, 0.717) is 25.1 Å². The summed E-state index contributed by atoms with van der Waals surface area (Å²) in [6.07, 6.45) is 2.46. The lowest BCUT2D eigenvalue weighted by Crippen LogP contribution is -2.40. The third-order valence-corrected chi connectivity index (χ3v) is 6.28. The molecule has 7 nitrogen and oxygen atoms in total. The summed E-state index contributed by atoms with van der Waals surface area (Å²) in [4.78, 5) is 25.2. The van der Waals surface area contributed by atoms with Crippen molar-refractivity contribution in [1.29, 1.82) is 0 Å². The van der Waals surface area contributed by atoms with Crippen LogP contribution >= 0.6 is 0 Å². The largest absolute Gasteiger partial charge is 0.481 e. The molecule has 1 amide bonds. The topological polar surface area (TPSA) is 95.0 Å². The van der Waals surface area contributed by atoms with Crippen molar-refractivity contribution in [2.24, 2.45) is 5.92 Å². The zero-order valence-electron chi connectivity index (χ0n) is 14.5. The van der Waals surface area contributed by atoms with Crippen LogP contribution in [0.1, 0.15) is 36.0 Å².